The van der Waals surface area contributed by atoms with Gasteiger partial charge in [-0.2, -0.15) is 13.2 Å². The van der Waals surface area contributed by atoms with E-state index in [1.54, 1.807) is 6.07 Å². The van der Waals surface area contributed by atoms with Crippen molar-refractivity contribution >= 4 is 17.7 Å². The maximum absolute atomic E-state index is 13.3. The molecule has 176 valence electrons. The summed E-state index contributed by atoms with van der Waals surface area (Å²) in [5, 5.41) is 8.99. The molecule has 0 bridgehead atoms. The average Bonchev–Trinajstić information content (AvgIpc) is 3.60. The van der Waals surface area contributed by atoms with Gasteiger partial charge in [0.15, 0.2) is 0 Å². The number of carboxylic acid groups (broad SMARTS) is 1. The number of nitrogens with zero attached hydrogens (tertiary/aromatic N) is 3. The lowest BCUT2D eigenvalue weighted by Gasteiger charge is -2.34. The molecule has 33 heavy (non-hydrogen) atoms. The second-order valence-corrected chi connectivity index (χ2v) is 8.75. The minimum atomic E-state index is -4.87. The van der Waals surface area contributed by atoms with Gasteiger partial charge in [0.25, 0.3) is 0 Å². The maximum atomic E-state index is 13.3. The summed E-state index contributed by atoms with van der Waals surface area (Å²) < 4.78 is 39.8. The largest absolute Gasteiger partial charge is 0.478 e. The number of rotatable bonds is 7. The third-order valence-electron chi connectivity index (χ3n) is 6.60. The zero-order valence-corrected chi connectivity index (χ0v) is 18.0. The Bertz CT molecular complexity index is 974. The normalized spacial score (nSPS) is 21.0. The first kappa shape index (κ1) is 23.1. The van der Waals surface area contributed by atoms with E-state index in [-0.39, 0.29) is 23.9 Å². The van der Waals surface area contributed by atoms with Crippen LogP contribution in [-0.2, 0) is 4.79 Å². The van der Waals surface area contributed by atoms with Crippen LogP contribution in [-0.4, -0.2) is 58.7 Å². The first-order chi connectivity index (χ1) is 15.7. The fourth-order valence-corrected chi connectivity index (χ4v) is 4.64. The van der Waals surface area contributed by atoms with Crippen molar-refractivity contribution in [3.8, 4) is 0 Å². The highest BCUT2D eigenvalue weighted by Crippen LogP contribution is 2.46. The first-order valence-corrected chi connectivity index (χ1v) is 11.1. The number of halogens is 3. The van der Waals surface area contributed by atoms with Crippen molar-refractivity contribution in [1.82, 2.24) is 9.88 Å². The zero-order chi connectivity index (χ0) is 23.6. The van der Waals surface area contributed by atoms with Crippen molar-refractivity contribution in [3.63, 3.8) is 0 Å². The SMILES string of the molecule is O=C(O)c1ccc(N2CCC(CCN(C(=O)C(F)(F)F)[C@@H]3C[C@H]3c3ccccc3)CC2)nc1. The number of carbonyl (C=O) groups is 2. The number of alkyl halides is 3. The molecule has 0 radical (unpaired) electrons. The summed E-state index contributed by atoms with van der Waals surface area (Å²) in [6, 6.07) is 12.2. The van der Waals surface area contributed by atoms with E-state index >= 15 is 0 Å². The third kappa shape index (κ3) is 5.46. The van der Waals surface area contributed by atoms with Gasteiger partial charge in [-0.25, -0.2) is 9.78 Å². The van der Waals surface area contributed by atoms with Crippen LogP contribution in [0.3, 0.4) is 0 Å². The number of piperidine rings is 1. The first-order valence-electron chi connectivity index (χ1n) is 11.1. The predicted octanol–water partition coefficient (Wildman–Crippen LogP) is 4.33. The van der Waals surface area contributed by atoms with Crippen molar-refractivity contribution in [3.05, 3.63) is 59.8 Å². The maximum Gasteiger partial charge on any atom is 0.471 e. The molecule has 1 aromatic carbocycles. The Balaban J connectivity index is 1.33. The van der Waals surface area contributed by atoms with Crippen LogP contribution in [0.5, 0.6) is 0 Å². The van der Waals surface area contributed by atoms with Crippen LogP contribution in [0.1, 0.15) is 47.5 Å². The van der Waals surface area contributed by atoms with Crippen LogP contribution in [0.15, 0.2) is 48.7 Å². The fraction of sp³-hybridized carbons (Fsp3) is 0.458. The van der Waals surface area contributed by atoms with E-state index in [1.165, 1.54) is 12.3 Å². The molecule has 2 aliphatic rings. The lowest BCUT2D eigenvalue weighted by Crippen LogP contribution is -2.44. The molecule has 1 saturated heterocycles. The van der Waals surface area contributed by atoms with E-state index in [9.17, 15) is 22.8 Å². The average molecular weight is 461 g/mol. The second kappa shape index (κ2) is 9.41. The quantitative estimate of drug-likeness (QED) is 0.664. The number of hydrogen-bond donors (Lipinski definition) is 1. The summed E-state index contributed by atoms with van der Waals surface area (Å²) in [6.45, 7) is 1.48. The van der Waals surface area contributed by atoms with Crippen molar-refractivity contribution in [2.24, 2.45) is 5.92 Å². The van der Waals surface area contributed by atoms with Crippen molar-refractivity contribution < 1.29 is 27.9 Å². The molecule has 1 N–H and O–H groups in total. The standard InChI is InChI=1S/C24H26F3N3O3/c25-24(26,27)23(33)30(20-14-19(20)17-4-2-1-3-5-17)13-10-16-8-11-29(12-9-16)21-7-6-18(15-28-21)22(31)32/h1-7,15-16,19-20H,8-14H2,(H,31,32)/t19-,20+/m0/s1. The van der Waals surface area contributed by atoms with E-state index in [2.05, 4.69) is 4.98 Å². The molecule has 2 fully saturated rings. The van der Waals surface area contributed by atoms with Gasteiger partial charge in [-0.05, 0) is 49.3 Å². The van der Waals surface area contributed by atoms with Gasteiger partial charge in [-0.1, -0.05) is 30.3 Å². The number of pyridine rings is 1. The van der Waals surface area contributed by atoms with E-state index in [1.807, 2.05) is 35.2 Å². The number of carbonyl (C=O) groups excluding carboxylic acids is 1. The van der Waals surface area contributed by atoms with Crippen LogP contribution in [0, 0.1) is 5.92 Å². The van der Waals surface area contributed by atoms with Crippen LogP contribution in [0.2, 0.25) is 0 Å². The molecule has 2 atom stereocenters. The molecule has 2 heterocycles. The molecule has 1 aliphatic heterocycles. The van der Waals surface area contributed by atoms with Crippen molar-refractivity contribution in [2.75, 3.05) is 24.5 Å². The van der Waals surface area contributed by atoms with Crippen LogP contribution in [0.25, 0.3) is 0 Å². The number of amides is 1. The number of carboxylic acids is 1. The number of aromatic nitrogens is 1. The summed E-state index contributed by atoms with van der Waals surface area (Å²) in [5.41, 5.74) is 1.09. The lowest BCUT2D eigenvalue weighted by atomic mass is 9.93. The van der Waals surface area contributed by atoms with Crippen LogP contribution < -0.4 is 4.90 Å². The molecule has 1 aromatic heterocycles. The number of benzene rings is 1. The van der Waals surface area contributed by atoms with Gasteiger partial charge >= 0.3 is 18.1 Å². The summed E-state index contributed by atoms with van der Waals surface area (Å²) >= 11 is 0. The summed E-state index contributed by atoms with van der Waals surface area (Å²) in [5.74, 6) is -1.91. The van der Waals surface area contributed by atoms with E-state index in [0.29, 0.717) is 31.7 Å². The van der Waals surface area contributed by atoms with Gasteiger partial charge in [0.2, 0.25) is 0 Å². The Morgan fingerprint density at radius 1 is 1.09 bits per heavy atom. The zero-order valence-electron chi connectivity index (χ0n) is 18.0. The van der Waals surface area contributed by atoms with Crippen LogP contribution in [0.4, 0.5) is 19.0 Å². The molecular formula is C24H26F3N3O3. The summed E-state index contributed by atoms with van der Waals surface area (Å²) in [4.78, 5) is 30.4. The molecule has 1 aliphatic carbocycles. The highest BCUT2D eigenvalue weighted by atomic mass is 19.4. The molecule has 0 spiro atoms. The van der Waals surface area contributed by atoms with Gasteiger partial charge in [-0.3, -0.25) is 4.79 Å². The van der Waals surface area contributed by atoms with Crippen LogP contribution >= 0.6 is 0 Å². The lowest BCUT2D eigenvalue weighted by molar-refractivity contribution is -0.186. The Hall–Kier alpha value is -3.10. The monoisotopic (exact) mass is 461 g/mol. The smallest absolute Gasteiger partial charge is 0.471 e. The topological polar surface area (TPSA) is 73.7 Å². The molecule has 4 rings (SSSR count). The molecule has 1 amide bonds. The molecule has 1 saturated carbocycles. The molecule has 6 nitrogen and oxygen atoms in total. The van der Waals surface area contributed by atoms with Crippen molar-refractivity contribution in [2.45, 2.75) is 43.8 Å². The Morgan fingerprint density at radius 3 is 2.36 bits per heavy atom. The predicted molar refractivity (Wildman–Crippen MR) is 116 cm³/mol. The van der Waals surface area contributed by atoms with Gasteiger partial charge in [0, 0.05) is 37.8 Å². The van der Waals surface area contributed by atoms with E-state index < -0.39 is 24.1 Å². The minimum absolute atomic E-state index is 0.0424. The summed E-state index contributed by atoms with van der Waals surface area (Å²) in [7, 11) is 0. The number of aromatic carboxylic acids is 1. The third-order valence-corrected chi connectivity index (χ3v) is 6.60. The molecule has 0 unspecified atom stereocenters. The van der Waals surface area contributed by atoms with E-state index in [0.717, 1.165) is 23.3 Å². The summed E-state index contributed by atoms with van der Waals surface area (Å²) in [6.07, 6.45) is -0.905. The fourth-order valence-electron chi connectivity index (χ4n) is 4.64. The Labute approximate surface area is 190 Å². The van der Waals surface area contributed by atoms with Gasteiger partial charge in [0.1, 0.15) is 5.82 Å². The van der Waals surface area contributed by atoms with Gasteiger partial charge < -0.3 is 14.9 Å². The second-order valence-electron chi connectivity index (χ2n) is 8.75. The highest BCUT2D eigenvalue weighted by Gasteiger charge is 2.51. The molecular weight excluding hydrogens is 435 g/mol. The molecule has 2 aromatic rings. The van der Waals surface area contributed by atoms with Gasteiger partial charge in [-0.15, -0.1) is 0 Å². The highest BCUT2D eigenvalue weighted by molar-refractivity contribution is 5.87. The van der Waals surface area contributed by atoms with Gasteiger partial charge in [0.05, 0.1) is 5.56 Å². The van der Waals surface area contributed by atoms with Crippen molar-refractivity contribution in [1.29, 1.82) is 0 Å². The molecule has 9 heteroatoms. The minimum Gasteiger partial charge on any atom is -0.478 e. The van der Waals surface area contributed by atoms with E-state index in [4.69, 9.17) is 5.11 Å². The number of hydrogen-bond acceptors (Lipinski definition) is 4. The Morgan fingerprint density at radius 2 is 1.79 bits per heavy atom. The number of anilines is 1. The Kier molecular flexibility index (Phi) is 6.58.